The van der Waals surface area contributed by atoms with E-state index in [0.717, 1.165) is 19.1 Å². The van der Waals surface area contributed by atoms with Gasteiger partial charge in [0.25, 0.3) is 0 Å². The van der Waals surface area contributed by atoms with E-state index in [1.165, 1.54) is 38.8 Å². The zero-order valence-corrected chi connectivity index (χ0v) is 12.2. The van der Waals surface area contributed by atoms with Gasteiger partial charge in [0.15, 0.2) is 0 Å². The minimum atomic E-state index is 0.688. The zero-order valence-electron chi connectivity index (χ0n) is 12.2. The van der Waals surface area contributed by atoms with Gasteiger partial charge in [-0.15, -0.1) is 0 Å². The fourth-order valence-electron chi connectivity index (χ4n) is 2.56. The van der Waals surface area contributed by atoms with Gasteiger partial charge in [0, 0.05) is 18.6 Å². The number of nitrogens with zero attached hydrogens (tertiary/aromatic N) is 2. The van der Waals surface area contributed by atoms with E-state index < -0.39 is 0 Å². The summed E-state index contributed by atoms with van der Waals surface area (Å²) in [5.41, 5.74) is 0. The van der Waals surface area contributed by atoms with Gasteiger partial charge >= 0.3 is 0 Å². The molecule has 0 bridgehead atoms. The van der Waals surface area contributed by atoms with Crippen molar-refractivity contribution in [2.45, 2.75) is 51.6 Å². The third kappa shape index (κ3) is 5.36. The van der Waals surface area contributed by atoms with Gasteiger partial charge in [0.1, 0.15) is 0 Å². The maximum absolute atomic E-state index is 3.49. The quantitative estimate of drug-likeness (QED) is 0.654. The number of hydrogen-bond donors (Lipinski definition) is 1. The topological polar surface area (TPSA) is 18.5 Å². The third-order valence-electron chi connectivity index (χ3n) is 4.09. The smallest absolute Gasteiger partial charge is 0.0220 e. The van der Waals surface area contributed by atoms with Crippen molar-refractivity contribution < 1.29 is 0 Å². The summed E-state index contributed by atoms with van der Waals surface area (Å²) in [6.45, 7) is 9.39. The van der Waals surface area contributed by atoms with E-state index in [4.69, 9.17) is 0 Å². The number of nitrogens with one attached hydrogen (secondary N) is 1. The maximum atomic E-state index is 3.49. The molecule has 3 heteroatoms. The Labute approximate surface area is 108 Å². The second kappa shape index (κ2) is 8.06. The van der Waals surface area contributed by atoms with Crippen LogP contribution in [0.1, 0.15) is 39.5 Å². The molecule has 1 rings (SSSR count). The lowest BCUT2D eigenvalue weighted by atomic mass is 10.1. The first-order valence-electron chi connectivity index (χ1n) is 7.26. The monoisotopic (exact) mass is 241 g/mol. The van der Waals surface area contributed by atoms with Crippen LogP contribution in [0.15, 0.2) is 0 Å². The molecule has 1 saturated heterocycles. The molecular weight excluding hydrogens is 210 g/mol. The van der Waals surface area contributed by atoms with Crippen molar-refractivity contribution in [2.75, 3.05) is 40.3 Å². The Morgan fingerprint density at radius 1 is 1.41 bits per heavy atom. The lowest BCUT2D eigenvalue weighted by Crippen LogP contribution is -2.41. The van der Waals surface area contributed by atoms with Gasteiger partial charge in [0.2, 0.25) is 0 Å². The first-order chi connectivity index (χ1) is 8.15. The van der Waals surface area contributed by atoms with Crippen molar-refractivity contribution in [1.29, 1.82) is 0 Å². The Balaban J connectivity index is 2.15. The maximum Gasteiger partial charge on any atom is 0.0220 e. The van der Waals surface area contributed by atoms with Crippen LogP contribution in [-0.4, -0.2) is 62.2 Å². The highest BCUT2D eigenvalue weighted by Gasteiger charge is 2.23. The van der Waals surface area contributed by atoms with Crippen molar-refractivity contribution >= 4 is 0 Å². The van der Waals surface area contributed by atoms with Crippen molar-refractivity contribution in [3.8, 4) is 0 Å². The molecule has 0 radical (unpaired) electrons. The lowest BCUT2D eigenvalue weighted by molar-refractivity contribution is 0.178. The van der Waals surface area contributed by atoms with Crippen molar-refractivity contribution in [3.63, 3.8) is 0 Å². The average molecular weight is 241 g/mol. The number of likely N-dealkylation sites (tertiary alicyclic amines) is 1. The Morgan fingerprint density at radius 2 is 2.18 bits per heavy atom. The Kier molecular flexibility index (Phi) is 7.09. The molecule has 2 atom stereocenters. The summed E-state index contributed by atoms with van der Waals surface area (Å²) < 4.78 is 0. The molecule has 1 heterocycles. The molecule has 1 aliphatic heterocycles. The van der Waals surface area contributed by atoms with Crippen LogP contribution in [0.3, 0.4) is 0 Å². The molecule has 0 aromatic heterocycles. The summed E-state index contributed by atoms with van der Waals surface area (Å²) in [6.07, 6.45) is 5.24. The standard InChI is InChI=1S/C14H31N3/c1-5-9-15-10-8-13(2)17(4)12-14-7-6-11-16(14)3/h13-15H,5-12H2,1-4H3. The summed E-state index contributed by atoms with van der Waals surface area (Å²) in [7, 11) is 4.54. The zero-order chi connectivity index (χ0) is 12.7. The van der Waals surface area contributed by atoms with E-state index in [1.807, 2.05) is 0 Å². The van der Waals surface area contributed by atoms with E-state index >= 15 is 0 Å². The molecule has 0 saturated carbocycles. The molecule has 1 N–H and O–H groups in total. The first kappa shape index (κ1) is 14.9. The van der Waals surface area contributed by atoms with E-state index in [1.54, 1.807) is 0 Å². The summed E-state index contributed by atoms with van der Waals surface area (Å²) >= 11 is 0. The van der Waals surface area contributed by atoms with Gasteiger partial charge in [-0.1, -0.05) is 6.92 Å². The number of rotatable bonds is 8. The third-order valence-corrected chi connectivity index (χ3v) is 4.09. The molecule has 0 aromatic rings. The average Bonchev–Trinajstić information content (AvgIpc) is 2.70. The van der Waals surface area contributed by atoms with Crippen molar-refractivity contribution in [3.05, 3.63) is 0 Å². The number of likely N-dealkylation sites (N-methyl/N-ethyl adjacent to an activating group) is 2. The summed E-state index contributed by atoms with van der Waals surface area (Å²) in [5.74, 6) is 0. The highest BCUT2D eigenvalue weighted by molar-refractivity contribution is 4.80. The molecule has 0 aliphatic carbocycles. The summed E-state index contributed by atoms with van der Waals surface area (Å²) in [5, 5.41) is 3.49. The minimum Gasteiger partial charge on any atom is -0.317 e. The Bertz CT molecular complexity index is 196. The van der Waals surface area contributed by atoms with Crippen LogP contribution < -0.4 is 5.32 Å². The molecular formula is C14H31N3. The van der Waals surface area contributed by atoms with Crippen LogP contribution in [0.25, 0.3) is 0 Å². The van der Waals surface area contributed by atoms with Gasteiger partial charge in [-0.25, -0.2) is 0 Å². The molecule has 0 spiro atoms. The lowest BCUT2D eigenvalue weighted by Gasteiger charge is -2.30. The second-order valence-electron chi connectivity index (χ2n) is 5.60. The van der Waals surface area contributed by atoms with E-state index in [0.29, 0.717) is 6.04 Å². The highest BCUT2D eigenvalue weighted by Crippen LogP contribution is 2.16. The predicted octanol–water partition coefficient (Wildman–Crippen LogP) is 1.79. The van der Waals surface area contributed by atoms with Crippen LogP contribution in [0.2, 0.25) is 0 Å². The second-order valence-corrected chi connectivity index (χ2v) is 5.60. The van der Waals surface area contributed by atoms with Crippen LogP contribution in [-0.2, 0) is 0 Å². The fourth-order valence-corrected chi connectivity index (χ4v) is 2.56. The fraction of sp³-hybridized carbons (Fsp3) is 1.00. The van der Waals surface area contributed by atoms with Gasteiger partial charge in [-0.2, -0.15) is 0 Å². The minimum absolute atomic E-state index is 0.688. The normalized spacial score (nSPS) is 23.5. The molecule has 1 aliphatic rings. The number of hydrogen-bond acceptors (Lipinski definition) is 3. The predicted molar refractivity (Wildman–Crippen MR) is 75.5 cm³/mol. The van der Waals surface area contributed by atoms with Crippen molar-refractivity contribution in [1.82, 2.24) is 15.1 Å². The summed E-state index contributed by atoms with van der Waals surface area (Å²) in [4.78, 5) is 5.04. The van der Waals surface area contributed by atoms with Gasteiger partial charge < -0.3 is 15.1 Å². The summed E-state index contributed by atoms with van der Waals surface area (Å²) in [6, 6.07) is 1.47. The van der Waals surface area contributed by atoms with Crippen LogP contribution in [0.4, 0.5) is 0 Å². The molecule has 17 heavy (non-hydrogen) atoms. The van der Waals surface area contributed by atoms with E-state index in [9.17, 15) is 0 Å². The van der Waals surface area contributed by atoms with Crippen LogP contribution >= 0.6 is 0 Å². The van der Waals surface area contributed by atoms with E-state index in [-0.39, 0.29) is 0 Å². The molecule has 102 valence electrons. The molecule has 1 fully saturated rings. The molecule has 0 amide bonds. The molecule has 2 unspecified atom stereocenters. The molecule has 3 nitrogen and oxygen atoms in total. The first-order valence-corrected chi connectivity index (χ1v) is 7.26. The van der Waals surface area contributed by atoms with Gasteiger partial charge in [0.05, 0.1) is 0 Å². The molecule has 0 aromatic carbocycles. The highest BCUT2D eigenvalue weighted by atomic mass is 15.2. The van der Waals surface area contributed by atoms with Crippen molar-refractivity contribution in [2.24, 2.45) is 0 Å². The Morgan fingerprint density at radius 3 is 2.76 bits per heavy atom. The largest absolute Gasteiger partial charge is 0.317 e. The van der Waals surface area contributed by atoms with Gasteiger partial charge in [-0.3, -0.25) is 0 Å². The van der Waals surface area contributed by atoms with Crippen LogP contribution in [0, 0.1) is 0 Å². The SMILES string of the molecule is CCCNCCC(C)N(C)CC1CCCN1C. The van der Waals surface area contributed by atoms with Gasteiger partial charge in [-0.05, 0) is 66.3 Å². The Hall–Kier alpha value is -0.120. The van der Waals surface area contributed by atoms with Crippen LogP contribution in [0.5, 0.6) is 0 Å². The van der Waals surface area contributed by atoms with E-state index in [2.05, 4.69) is 43.1 Å².